The fraction of sp³-hybridized carbons (Fsp3) is 0.300. The molecule has 1 aromatic rings. The van der Waals surface area contributed by atoms with Gasteiger partial charge in [0.15, 0.2) is 11.5 Å². The van der Waals surface area contributed by atoms with Crippen LogP contribution in [0.3, 0.4) is 0 Å². The Kier molecular flexibility index (Phi) is 5.70. The number of ether oxygens (including phenoxy) is 1. The monoisotopic (exact) mass is 383 g/mol. The molecule has 0 amide bonds. The molecule has 0 saturated heterocycles. The number of benzene rings is 1. The molecule has 0 aromatic heterocycles. The Labute approximate surface area is 164 Å². The lowest BCUT2D eigenvalue weighted by Gasteiger charge is -2.30. The van der Waals surface area contributed by atoms with Crippen LogP contribution in [0.5, 0.6) is 0 Å². The van der Waals surface area contributed by atoms with E-state index in [1.807, 2.05) is 31.3 Å². The summed E-state index contributed by atoms with van der Waals surface area (Å²) in [5.41, 5.74) is 6.14. The molecule has 3 rings (SSSR count). The first-order valence-corrected chi connectivity index (χ1v) is 9.10. The summed E-state index contributed by atoms with van der Waals surface area (Å²) in [5.74, 6) is 4.85. The van der Waals surface area contributed by atoms with Crippen LogP contribution in [0, 0.1) is 0 Å². The summed E-state index contributed by atoms with van der Waals surface area (Å²) in [6.07, 6.45) is 7.53. The van der Waals surface area contributed by atoms with E-state index in [0.717, 1.165) is 29.7 Å². The molecule has 1 aliphatic carbocycles. The number of aliphatic hydroxyl groups excluding tert-OH is 1. The number of aliphatic hydroxyl groups is 1. The second-order valence-electron chi connectivity index (χ2n) is 6.45. The molecule has 1 heterocycles. The lowest BCUT2D eigenvalue weighted by Crippen LogP contribution is -2.28. The number of hydrazine groups is 1. The van der Waals surface area contributed by atoms with Gasteiger partial charge in [0, 0.05) is 35.1 Å². The molecule has 2 aliphatic rings. The fourth-order valence-electron chi connectivity index (χ4n) is 3.05. The molecule has 28 heavy (non-hydrogen) atoms. The summed E-state index contributed by atoms with van der Waals surface area (Å²) in [6.45, 7) is 3.57. The van der Waals surface area contributed by atoms with Gasteiger partial charge in [-0.2, -0.15) is 5.10 Å². The number of nitrogens with two attached hydrogens (primary N) is 1. The molecule has 5 N–H and O–H groups in total. The van der Waals surface area contributed by atoms with E-state index in [4.69, 9.17) is 10.6 Å². The van der Waals surface area contributed by atoms with Gasteiger partial charge in [0.1, 0.15) is 0 Å². The molecule has 0 unspecified atom stereocenters. The number of carbonyl (C=O) groups excluding carboxylic acids is 1. The quantitative estimate of drug-likeness (QED) is 0.258. The SMILES string of the molecule is C/C=N\N1C(C(=O)OC)=C(O)c2ccc(/C(=C/NC3CC3)NN)cc2/C1=C\C. The molecule has 1 fully saturated rings. The van der Waals surface area contributed by atoms with E-state index >= 15 is 0 Å². The lowest BCUT2D eigenvalue weighted by atomic mass is 9.94. The molecule has 0 atom stereocenters. The van der Waals surface area contributed by atoms with Crippen LogP contribution in [0.2, 0.25) is 0 Å². The highest BCUT2D eigenvalue weighted by Gasteiger charge is 2.34. The van der Waals surface area contributed by atoms with Gasteiger partial charge in [-0.25, -0.2) is 9.80 Å². The van der Waals surface area contributed by atoms with Crippen molar-refractivity contribution < 1.29 is 14.6 Å². The van der Waals surface area contributed by atoms with E-state index in [9.17, 15) is 9.90 Å². The molecule has 8 heteroatoms. The van der Waals surface area contributed by atoms with Crippen molar-refractivity contribution in [2.45, 2.75) is 32.7 Å². The van der Waals surface area contributed by atoms with Crippen LogP contribution in [0.25, 0.3) is 17.2 Å². The molecule has 148 valence electrons. The summed E-state index contributed by atoms with van der Waals surface area (Å²) < 4.78 is 4.84. The second kappa shape index (κ2) is 8.18. The first-order valence-electron chi connectivity index (χ1n) is 9.10. The standard InChI is InChI=1S/C20H25N5O3/c1-4-17-15-10-12(16(24-21)11-22-13-7-8-13)6-9-14(15)19(26)18(20(27)28-3)25(17)23-5-2/h4-6,9-11,13,22,24,26H,7-8,21H2,1-3H3/b16-11-,17-4+,23-5-. The number of carbonyl (C=O) groups is 1. The number of nitrogens with one attached hydrogen (secondary N) is 2. The van der Waals surface area contributed by atoms with Crippen molar-refractivity contribution in [1.29, 1.82) is 0 Å². The van der Waals surface area contributed by atoms with Crippen molar-refractivity contribution in [1.82, 2.24) is 15.8 Å². The average Bonchev–Trinajstić information content (AvgIpc) is 3.53. The van der Waals surface area contributed by atoms with Crippen molar-refractivity contribution in [3.05, 3.63) is 52.9 Å². The molecule has 0 radical (unpaired) electrons. The highest BCUT2D eigenvalue weighted by Crippen LogP contribution is 2.39. The normalized spacial score (nSPS) is 18.5. The Hall–Kier alpha value is -3.26. The van der Waals surface area contributed by atoms with Gasteiger partial charge in [0.05, 0.1) is 18.5 Å². The van der Waals surface area contributed by atoms with E-state index < -0.39 is 5.97 Å². The van der Waals surface area contributed by atoms with Crippen LogP contribution in [0.4, 0.5) is 0 Å². The van der Waals surface area contributed by atoms with Crippen LogP contribution >= 0.6 is 0 Å². The summed E-state index contributed by atoms with van der Waals surface area (Å²) >= 11 is 0. The first-order chi connectivity index (χ1) is 13.5. The van der Waals surface area contributed by atoms with Crippen molar-refractivity contribution >= 4 is 29.3 Å². The smallest absolute Gasteiger partial charge is 0.360 e. The predicted molar refractivity (Wildman–Crippen MR) is 109 cm³/mol. The van der Waals surface area contributed by atoms with Crippen LogP contribution in [0.1, 0.15) is 43.4 Å². The minimum absolute atomic E-state index is 0.0305. The van der Waals surface area contributed by atoms with Gasteiger partial charge in [0.25, 0.3) is 0 Å². The number of methoxy groups -OCH3 is 1. The maximum atomic E-state index is 12.3. The molecular weight excluding hydrogens is 358 g/mol. The third kappa shape index (κ3) is 3.59. The summed E-state index contributed by atoms with van der Waals surface area (Å²) in [6, 6.07) is 5.97. The Morgan fingerprint density at radius 2 is 2.11 bits per heavy atom. The van der Waals surface area contributed by atoms with Crippen LogP contribution < -0.4 is 16.6 Å². The zero-order valence-electron chi connectivity index (χ0n) is 16.2. The van der Waals surface area contributed by atoms with Crippen LogP contribution in [-0.2, 0) is 9.53 Å². The predicted octanol–water partition coefficient (Wildman–Crippen LogP) is 2.28. The number of esters is 1. The maximum absolute atomic E-state index is 12.3. The number of hydrogen-bond donors (Lipinski definition) is 4. The molecule has 0 bridgehead atoms. The number of rotatable bonds is 6. The Morgan fingerprint density at radius 3 is 2.68 bits per heavy atom. The number of hydrogen-bond acceptors (Lipinski definition) is 8. The van der Waals surface area contributed by atoms with E-state index in [0.29, 0.717) is 17.3 Å². The third-order valence-corrected chi connectivity index (χ3v) is 4.61. The van der Waals surface area contributed by atoms with Crippen molar-refractivity contribution in [3.8, 4) is 0 Å². The van der Waals surface area contributed by atoms with Crippen molar-refractivity contribution in [2.75, 3.05) is 7.11 Å². The molecule has 0 spiro atoms. The molecule has 1 aliphatic heterocycles. The van der Waals surface area contributed by atoms with Gasteiger partial charge in [-0.1, -0.05) is 12.1 Å². The number of nitrogens with zero attached hydrogens (tertiary/aromatic N) is 2. The lowest BCUT2D eigenvalue weighted by molar-refractivity contribution is -0.137. The third-order valence-electron chi connectivity index (χ3n) is 4.61. The van der Waals surface area contributed by atoms with Crippen molar-refractivity contribution in [3.63, 3.8) is 0 Å². The Balaban J connectivity index is 2.13. The Morgan fingerprint density at radius 1 is 1.36 bits per heavy atom. The zero-order chi connectivity index (χ0) is 20.3. The molecule has 1 saturated carbocycles. The van der Waals surface area contributed by atoms with Crippen molar-refractivity contribution in [2.24, 2.45) is 10.9 Å². The second-order valence-corrected chi connectivity index (χ2v) is 6.45. The highest BCUT2D eigenvalue weighted by atomic mass is 16.5. The minimum Gasteiger partial charge on any atom is -0.505 e. The van der Waals surface area contributed by atoms with E-state index in [1.165, 1.54) is 12.1 Å². The summed E-state index contributed by atoms with van der Waals surface area (Å²) in [5, 5.41) is 19.7. The van der Waals surface area contributed by atoms with E-state index in [2.05, 4.69) is 15.8 Å². The van der Waals surface area contributed by atoms with Crippen LogP contribution in [-0.4, -0.2) is 35.5 Å². The molecule has 1 aromatic carbocycles. The first kappa shape index (κ1) is 19.5. The van der Waals surface area contributed by atoms with Gasteiger partial charge in [-0.3, -0.25) is 5.84 Å². The van der Waals surface area contributed by atoms with Gasteiger partial charge in [-0.15, -0.1) is 0 Å². The average molecular weight is 383 g/mol. The zero-order valence-corrected chi connectivity index (χ0v) is 16.2. The minimum atomic E-state index is -0.671. The van der Waals surface area contributed by atoms with E-state index in [-0.39, 0.29) is 11.5 Å². The summed E-state index contributed by atoms with van der Waals surface area (Å²) in [7, 11) is 1.27. The largest absolute Gasteiger partial charge is 0.505 e. The van der Waals surface area contributed by atoms with Gasteiger partial charge in [-0.05, 0) is 38.8 Å². The Bertz CT molecular complexity index is 897. The van der Waals surface area contributed by atoms with Gasteiger partial charge in [0.2, 0.25) is 0 Å². The van der Waals surface area contributed by atoms with E-state index in [1.54, 1.807) is 19.2 Å². The highest BCUT2D eigenvalue weighted by molar-refractivity contribution is 6.01. The number of hydrazone groups is 1. The number of allylic oxidation sites excluding steroid dienone is 1. The maximum Gasteiger partial charge on any atom is 0.360 e. The number of fused-ring (bicyclic) bond motifs is 1. The van der Waals surface area contributed by atoms with Crippen LogP contribution in [0.15, 0.2) is 41.3 Å². The van der Waals surface area contributed by atoms with Gasteiger partial charge >= 0.3 is 5.97 Å². The fourth-order valence-corrected chi connectivity index (χ4v) is 3.05. The van der Waals surface area contributed by atoms with Gasteiger partial charge < -0.3 is 20.6 Å². The topological polar surface area (TPSA) is 112 Å². The molecule has 8 nitrogen and oxygen atoms in total. The molecular formula is C20H25N5O3. The summed E-state index contributed by atoms with van der Waals surface area (Å²) in [4.78, 5) is 12.3.